The Morgan fingerprint density at radius 3 is 2.65 bits per heavy atom. The van der Waals surface area contributed by atoms with Crippen LogP contribution in [0.2, 0.25) is 0 Å². The molecule has 0 saturated heterocycles. The molecular formula is C15H14F2N2O. The summed E-state index contributed by atoms with van der Waals surface area (Å²) in [4.78, 5) is 15.0. The Morgan fingerprint density at radius 1 is 1.25 bits per heavy atom. The number of nitrogens with one attached hydrogen (secondary N) is 1. The summed E-state index contributed by atoms with van der Waals surface area (Å²) in [6.45, 7) is 2.28. The van der Waals surface area contributed by atoms with Gasteiger partial charge in [-0.2, -0.15) is 4.39 Å². The highest BCUT2D eigenvalue weighted by molar-refractivity contribution is 5.94. The summed E-state index contributed by atoms with van der Waals surface area (Å²) in [7, 11) is 0. The summed E-state index contributed by atoms with van der Waals surface area (Å²) in [5, 5.41) is 2.59. The number of carbonyl (C=O) groups is 1. The number of carbonyl (C=O) groups excluding carboxylic acids is 1. The van der Waals surface area contributed by atoms with Crippen molar-refractivity contribution >= 4 is 5.91 Å². The van der Waals surface area contributed by atoms with Gasteiger partial charge in [0.25, 0.3) is 5.91 Å². The van der Waals surface area contributed by atoms with Crippen LogP contribution in [0.5, 0.6) is 0 Å². The van der Waals surface area contributed by atoms with Crippen molar-refractivity contribution < 1.29 is 13.6 Å². The number of benzene rings is 1. The van der Waals surface area contributed by atoms with E-state index in [1.807, 2.05) is 37.3 Å². The number of amides is 1. The minimum absolute atomic E-state index is 0.0786. The number of halogens is 2. The van der Waals surface area contributed by atoms with Crippen LogP contribution in [0.15, 0.2) is 42.6 Å². The van der Waals surface area contributed by atoms with Crippen LogP contribution < -0.4 is 5.32 Å². The molecular weight excluding hydrogens is 262 g/mol. The molecule has 0 bridgehead atoms. The molecule has 0 aliphatic heterocycles. The molecule has 20 heavy (non-hydrogen) atoms. The third-order valence-electron chi connectivity index (χ3n) is 3.03. The van der Waals surface area contributed by atoms with Gasteiger partial charge >= 0.3 is 0 Å². The quantitative estimate of drug-likeness (QED) is 0.872. The Hall–Kier alpha value is -2.30. The number of aromatic nitrogens is 1. The maximum absolute atomic E-state index is 13.4. The van der Waals surface area contributed by atoms with Crippen molar-refractivity contribution in [3.63, 3.8) is 0 Å². The third-order valence-corrected chi connectivity index (χ3v) is 3.03. The molecule has 1 N–H and O–H groups in total. The molecule has 2 rings (SSSR count). The molecule has 0 fully saturated rings. The van der Waals surface area contributed by atoms with E-state index in [4.69, 9.17) is 0 Å². The predicted molar refractivity (Wildman–Crippen MR) is 71.3 cm³/mol. The molecule has 1 unspecified atom stereocenters. The zero-order chi connectivity index (χ0) is 14.5. The van der Waals surface area contributed by atoms with Crippen molar-refractivity contribution in [1.29, 1.82) is 0 Å². The highest BCUT2D eigenvalue weighted by atomic mass is 19.2. The standard InChI is InChI=1S/C15H14F2N2O/c1-10(11-5-3-2-4-6-11)9-19-15(20)12-7-8-18-14(17)13(12)16/h2-8,10H,9H2,1H3,(H,19,20). The smallest absolute Gasteiger partial charge is 0.254 e. The molecule has 0 radical (unpaired) electrons. The fourth-order valence-electron chi connectivity index (χ4n) is 1.83. The van der Waals surface area contributed by atoms with Crippen molar-refractivity contribution in [2.45, 2.75) is 12.8 Å². The van der Waals surface area contributed by atoms with Crippen LogP contribution in [0.3, 0.4) is 0 Å². The van der Waals surface area contributed by atoms with Crippen LogP contribution in [-0.2, 0) is 0 Å². The van der Waals surface area contributed by atoms with E-state index in [2.05, 4.69) is 10.3 Å². The molecule has 5 heteroatoms. The Labute approximate surface area is 115 Å². The van der Waals surface area contributed by atoms with Crippen LogP contribution in [0, 0.1) is 11.8 Å². The lowest BCUT2D eigenvalue weighted by molar-refractivity contribution is 0.0946. The molecule has 1 aromatic heterocycles. The first-order valence-corrected chi connectivity index (χ1v) is 6.22. The zero-order valence-corrected chi connectivity index (χ0v) is 10.9. The topological polar surface area (TPSA) is 42.0 Å². The SMILES string of the molecule is CC(CNC(=O)c1ccnc(F)c1F)c1ccccc1. The number of rotatable bonds is 4. The number of hydrogen-bond donors (Lipinski definition) is 1. The van der Waals surface area contributed by atoms with Gasteiger partial charge in [0.1, 0.15) is 0 Å². The number of hydrogen-bond acceptors (Lipinski definition) is 2. The van der Waals surface area contributed by atoms with Crippen molar-refractivity contribution in [3.8, 4) is 0 Å². The van der Waals surface area contributed by atoms with E-state index in [-0.39, 0.29) is 11.5 Å². The molecule has 0 aliphatic carbocycles. The average Bonchev–Trinajstić information content (AvgIpc) is 2.48. The third kappa shape index (κ3) is 3.17. The number of nitrogens with zero attached hydrogens (tertiary/aromatic N) is 1. The maximum Gasteiger partial charge on any atom is 0.254 e. The summed E-state index contributed by atoms with van der Waals surface area (Å²) < 4.78 is 26.3. The Morgan fingerprint density at radius 2 is 1.95 bits per heavy atom. The van der Waals surface area contributed by atoms with E-state index in [1.165, 1.54) is 0 Å². The largest absolute Gasteiger partial charge is 0.351 e. The summed E-state index contributed by atoms with van der Waals surface area (Å²) in [6.07, 6.45) is 1.06. The predicted octanol–water partition coefficient (Wildman–Crippen LogP) is 2.89. The molecule has 1 aromatic carbocycles. The van der Waals surface area contributed by atoms with Crippen LogP contribution in [-0.4, -0.2) is 17.4 Å². The van der Waals surface area contributed by atoms with Gasteiger partial charge in [-0.3, -0.25) is 4.79 Å². The summed E-state index contributed by atoms with van der Waals surface area (Å²) in [5.41, 5.74) is 0.729. The van der Waals surface area contributed by atoms with E-state index >= 15 is 0 Å². The molecule has 1 amide bonds. The summed E-state index contributed by atoms with van der Waals surface area (Å²) in [5.74, 6) is -3.06. The van der Waals surface area contributed by atoms with Crippen LogP contribution >= 0.6 is 0 Å². The normalized spacial score (nSPS) is 11.9. The molecule has 0 saturated carbocycles. The Balaban J connectivity index is 2.01. The summed E-state index contributed by atoms with van der Waals surface area (Å²) >= 11 is 0. The van der Waals surface area contributed by atoms with Gasteiger partial charge in [0.15, 0.2) is 5.82 Å². The van der Waals surface area contributed by atoms with Crippen LogP contribution in [0.4, 0.5) is 8.78 Å². The molecule has 3 nitrogen and oxygen atoms in total. The first kappa shape index (κ1) is 14.1. The van der Waals surface area contributed by atoms with E-state index in [1.54, 1.807) is 0 Å². The highest BCUT2D eigenvalue weighted by Gasteiger charge is 2.16. The van der Waals surface area contributed by atoms with Gasteiger partial charge in [0.05, 0.1) is 5.56 Å². The molecule has 1 heterocycles. The number of pyridine rings is 1. The second kappa shape index (κ2) is 6.23. The molecule has 104 valence electrons. The van der Waals surface area contributed by atoms with Crippen LogP contribution in [0.1, 0.15) is 28.8 Å². The van der Waals surface area contributed by atoms with Crippen LogP contribution in [0.25, 0.3) is 0 Å². The first-order valence-electron chi connectivity index (χ1n) is 6.22. The van der Waals surface area contributed by atoms with Gasteiger partial charge in [0, 0.05) is 12.7 Å². The zero-order valence-electron chi connectivity index (χ0n) is 10.9. The fourth-order valence-corrected chi connectivity index (χ4v) is 1.83. The maximum atomic E-state index is 13.4. The molecule has 1 atom stereocenters. The van der Waals surface area contributed by atoms with E-state index in [0.717, 1.165) is 17.8 Å². The van der Waals surface area contributed by atoms with E-state index in [0.29, 0.717) is 6.54 Å². The van der Waals surface area contributed by atoms with Gasteiger partial charge in [-0.1, -0.05) is 37.3 Å². The highest BCUT2D eigenvalue weighted by Crippen LogP contribution is 2.14. The molecule has 0 aliphatic rings. The Bertz CT molecular complexity index is 602. The van der Waals surface area contributed by atoms with Crippen molar-refractivity contribution in [2.75, 3.05) is 6.54 Å². The minimum Gasteiger partial charge on any atom is -0.351 e. The Kier molecular flexibility index (Phi) is 4.40. The minimum atomic E-state index is -1.27. The van der Waals surface area contributed by atoms with Crippen molar-refractivity contribution in [3.05, 3.63) is 65.5 Å². The van der Waals surface area contributed by atoms with Crippen molar-refractivity contribution in [1.82, 2.24) is 10.3 Å². The lowest BCUT2D eigenvalue weighted by Gasteiger charge is -2.13. The fraction of sp³-hybridized carbons (Fsp3) is 0.200. The van der Waals surface area contributed by atoms with Gasteiger partial charge in [0.2, 0.25) is 5.95 Å². The molecule has 0 spiro atoms. The lowest BCUT2D eigenvalue weighted by atomic mass is 10.0. The van der Waals surface area contributed by atoms with Gasteiger partial charge in [-0.25, -0.2) is 9.37 Å². The lowest BCUT2D eigenvalue weighted by Crippen LogP contribution is -2.28. The van der Waals surface area contributed by atoms with Gasteiger partial charge < -0.3 is 5.32 Å². The average molecular weight is 276 g/mol. The van der Waals surface area contributed by atoms with Gasteiger partial charge in [-0.05, 0) is 17.5 Å². The monoisotopic (exact) mass is 276 g/mol. The summed E-state index contributed by atoms with van der Waals surface area (Å²) in [6, 6.07) is 10.8. The van der Waals surface area contributed by atoms with E-state index < -0.39 is 17.7 Å². The first-order chi connectivity index (χ1) is 9.59. The van der Waals surface area contributed by atoms with E-state index in [9.17, 15) is 13.6 Å². The van der Waals surface area contributed by atoms with Crippen molar-refractivity contribution in [2.24, 2.45) is 0 Å². The van der Waals surface area contributed by atoms with Gasteiger partial charge in [-0.15, -0.1) is 0 Å². The second-order valence-electron chi connectivity index (χ2n) is 4.49. The molecule has 2 aromatic rings. The second-order valence-corrected chi connectivity index (χ2v) is 4.49.